The second-order valence-electron chi connectivity index (χ2n) is 2.72. The molecule has 0 unspecified atom stereocenters. The van der Waals surface area contributed by atoms with Crippen molar-refractivity contribution in [2.45, 2.75) is 6.04 Å². The molecule has 0 fully saturated rings. The van der Waals surface area contributed by atoms with Crippen LogP contribution in [0.4, 0.5) is 10.1 Å². The van der Waals surface area contributed by atoms with Gasteiger partial charge < -0.3 is 5.73 Å². The highest BCUT2D eigenvalue weighted by Gasteiger charge is 2.13. The standard InChI is InChI=1S/C9H9FN2O2/c1-2-9(11)7-5-6(12(13)14)3-4-8(7)10/h2-5,9H,1,11H2/t9-/m0/s1. The summed E-state index contributed by atoms with van der Waals surface area (Å²) in [5, 5.41) is 10.4. The van der Waals surface area contributed by atoms with E-state index < -0.39 is 16.8 Å². The molecule has 0 spiro atoms. The van der Waals surface area contributed by atoms with Crippen molar-refractivity contribution in [2.24, 2.45) is 5.73 Å². The van der Waals surface area contributed by atoms with Gasteiger partial charge in [-0.05, 0) is 6.07 Å². The molecule has 0 saturated heterocycles. The van der Waals surface area contributed by atoms with E-state index in [9.17, 15) is 14.5 Å². The van der Waals surface area contributed by atoms with Gasteiger partial charge in [0, 0.05) is 17.7 Å². The number of halogens is 1. The fourth-order valence-electron chi connectivity index (χ4n) is 1.03. The fourth-order valence-corrected chi connectivity index (χ4v) is 1.03. The Morgan fingerprint density at radius 1 is 1.64 bits per heavy atom. The van der Waals surface area contributed by atoms with E-state index in [4.69, 9.17) is 5.73 Å². The Labute approximate surface area is 80.0 Å². The molecular formula is C9H9FN2O2. The van der Waals surface area contributed by atoms with Crippen molar-refractivity contribution in [3.05, 3.63) is 52.3 Å². The lowest BCUT2D eigenvalue weighted by molar-refractivity contribution is -0.385. The van der Waals surface area contributed by atoms with Gasteiger partial charge in [0.15, 0.2) is 0 Å². The zero-order chi connectivity index (χ0) is 10.7. The fraction of sp³-hybridized carbons (Fsp3) is 0.111. The van der Waals surface area contributed by atoms with Crippen LogP contribution in [0.2, 0.25) is 0 Å². The zero-order valence-electron chi connectivity index (χ0n) is 7.31. The molecule has 2 N–H and O–H groups in total. The molecule has 0 radical (unpaired) electrons. The lowest BCUT2D eigenvalue weighted by atomic mass is 10.1. The number of benzene rings is 1. The van der Waals surface area contributed by atoms with Gasteiger partial charge in [0.05, 0.1) is 11.0 Å². The number of non-ortho nitro benzene ring substituents is 1. The number of hydrogen-bond donors (Lipinski definition) is 1. The lowest BCUT2D eigenvalue weighted by Gasteiger charge is -2.06. The molecule has 1 rings (SSSR count). The van der Waals surface area contributed by atoms with E-state index in [1.165, 1.54) is 6.08 Å². The maximum absolute atomic E-state index is 13.1. The van der Waals surface area contributed by atoms with Crippen LogP contribution in [0, 0.1) is 15.9 Å². The maximum atomic E-state index is 13.1. The molecule has 0 aliphatic carbocycles. The molecule has 0 aliphatic heterocycles. The van der Waals surface area contributed by atoms with Gasteiger partial charge in [-0.25, -0.2) is 4.39 Å². The molecule has 4 nitrogen and oxygen atoms in total. The summed E-state index contributed by atoms with van der Waals surface area (Å²) >= 11 is 0. The Bertz CT molecular complexity index is 379. The minimum Gasteiger partial charge on any atom is -0.321 e. The topological polar surface area (TPSA) is 69.2 Å². The van der Waals surface area contributed by atoms with Crippen molar-refractivity contribution in [2.75, 3.05) is 0 Å². The van der Waals surface area contributed by atoms with Crippen LogP contribution in [0.5, 0.6) is 0 Å². The van der Waals surface area contributed by atoms with E-state index >= 15 is 0 Å². The molecule has 0 amide bonds. The number of nitro benzene ring substituents is 1. The summed E-state index contributed by atoms with van der Waals surface area (Å²) in [4.78, 5) is 9.79. The summed E-state index contributed by atoms with van der Waals surface area (Å²) in [5.41, 5.74) is 5.38. The first-order valence-corrected chi connectivity index (χ1v) is 3.88. The van der Waals surface area contributed by atoms with Gasteiger partial charge in [-0.3, -0.25) is 10.1 Å². The lowest BCUT2D eigenvalue weighted by Crippen LogP contribution is -2.09. The van der Waals surface area contributed by atoms with Gasteiger partial charge in [0.2, 0.25) is 0 Å². The Hall–Kier alpha value is -1.75. The monoisotopic (exact) mass is 196 g/mol. The van der Waals surface area contributed by atoms with E-state index in [1.807, 2.05) is 0 Å². The second-order valence-corrected chi connectivity index (χ2v) is 2.72. The van der Waals surface area contributed by atoms with E-state index in [0.717, 1.165) is 18.2 Å². The number of nitrogens with two attached hydrogens (primary N) is 1. The first-order chi connectivity index (χ1) is 6.56. The molecule has 0 bridgehead atoms. The van der Waals surface area contributed by atoms with Crippen LogP contribution >= 0.6 is 0 Å². The van der Waals surface area contributed by atoms with Crippen LogP contribution in [-0.2, 0) is 0 Å². The Morgan fingerprint density at radius 2 is 2.29 bits per heavy atom. The quantitative estimate of drug-likeness (QED) is 0.456. The first kappa shape index (κ1) is 10.3. The molecular weight excluding hydrogens is 187 g/mol. The second kappa shape index (κ2) is 3.97. The van der Waals surface area contributed by atoms with Crippen LogP contribution < -0.4 is 5.73 Å². The van der Waals surface area contributed by atoms with Gasteiger partial charge in [0.1, 0.15) is 5.82 Å². The van der Waals surface area contributed by atoms with Crippen molar-refractivity contribution < 1.29 is 9.31 Å². The highest BCUT2D eigenvalue weighted by atomic mass is 19.1. The minimum absolute atomic E-state index is 0.0780. The molecule has 0 saturated carbocycles. The molecule has 0 aromatic heterocycles. The average Bonchev–Trinajstić information content (AvgIpc) is 2.17. The summed E-state index contributed by atoms with van der Waals surface area (Å²) in [6.45, 7) is 3.39. The van der Waals surface area contributed by atoms with E-state index in [0.29, 0.717) is 0 Å². The maximum Gasteiger partial charge on any atom is 0.269 e. The number of rotatable bonds is 3. The summed E-state index contributed by atoms with van der Waals surface area (Å²) in [5.74, 6) is -0.567. The molecule has 1 aromatic carbocycles. The largest absolute Gasteiger partial charge is 0.321 e. The molecule has 5 heteroatoms. The molecule has 0 aliphatic rings. The number of hydrogen-bond acceptors (Lipinski definition) is 3. The average molecular weight is 196 g/mol. The van der Waals surface area contributed by atoms with Crippen LogP contribution in [0.25, 0.3) is 0 Å². The SMILES string of the molecule is C=C[C@H](N)c1cc([N+](=O)[O-])ccc1F. The molecule has 0 heterocycles. The Morgan fingerprint density at radius 3 is 2.79 bits per heavy atom. The van der Waals surface area contributed by atoms with Gasteiger partial charge in [-0.15, -0.1) is 6.58 Å². The van der Waals surface area contributed by atoms with Crippen molar-refractivity contribution in [1.29, 1.82) is 0 Å². The molecule has 14 heavy (non-hydrogen) atoms. The predicted molar refractivity (Wildman–Crippen MR) is 50.2 cm³/mol. The van der Waals surface area contributed by atoms with E-state index in [2.05, 4.69) is 6.58 Å². The van der Waals surface area contributed by atoms with Crippen molar-refractivity contribution in [3.8, 4) is 0 Å². The van der Waals surface area contributed by atoms with E-state index in [1.54, 1.807) is 0 Å². The van der Waals surface area contributed by atoms with Crippen LogP contribution in [0.3, 0.4) is 0 Å². The van der Waals surface area contributed by atoms with Crippen molar-refractivity contribution >= 4 is 5.69 Å². The molecule has 1 aromatic rings. The van der Waals surface area contributed by atoms with Crippen molar-refractivity contribution in [1.82, 2.24) is 0 Å². The van der Waals surface area contributed by atoms with Crippen LogP contribution in [-0.4, -0.2) is 4.92 Å². The predicted octanol–water partition coefficient (Wildman–Crippen LogP) is 1.92. The normalized spacial score (nSPS) is 12.1. The van der Waals surface area contributed by atoms with Gasteiger partial charge in [-0.2, -0.15) is 0 Å². The van der Waals surface area contributed by atoms with E-state index in [-0.39, 0.29) is 11.3 Å². The third kappa shape index (κ3) is 1.94. The van der Waals surface area contributed by atoms with Crippen molar-refractivity contribution in [3.63, 3.8) is 0 Å². The van der Waals surface area contributed by atoms with Gasteiger partial charge in [-0.1, -0.05) is 6.08 Å². The Balaban J connectivity index is 3.20. The summed E-state index contributed by atoms with van der Waals surface area (Å²) in [6, 6.07) is 2.50. The summed E-state index contributed by atoms with van der Waals surface area (Å²) in [7, 11) is 0. The van der Waals surface area contributed by atoms with Crippen LogP contribution in [0.15, 0.2) is 30.9 Å². The smallest absolute Gasteiger partial charge is 0.269 e. The zero-order valence-corrected chi connectivity index (χ0v) is 7.31. The Kier molecular flexibility index (Phi) is 2.93. The van der Waals surface area contributed by atoms with Gasteiger partial charge >= 0.3 is 0 Å². The summed E-state index contributed by atoms with van der Waals surface area (Å²) in [6.07, 6.45) is 1.32. The first-order valence-electron chi connectivity index (χ1n) is 3.88. The highest BCUT2D eigenvalue weighted by Crippen LogP contribution is 2.21. The molecule has 74 valence electrons. The highest BCUT2D eigenvalue weighted by molar-refractivity contribution is 5.37. The molecule has 1 atom stereocenters. The van der Waals surface area contributed by atoms with Gasteiger partial charge in [0.25, 0.3) is 5.69 Å². The third-order valence-corrected chi connectivity index (χ3v) is 1.80. The summed E-state index contributed by atoms with van der Waals surface area (Å²) < 4.78 is 13.1. The number of nitro groups is 1. The third-order valence-electron chi connectivity index (χ3n) is 1.80. The number of nitrogens with zero attached hydrogens (tertiary/aromatic N) is 1. The van der Waals surface area contributed by atoms with Crippen LogP contribution in [0.1, 0.15) is 11.6 Å². The minimum atomic E-state index is -0.727.